The summed E-state index contributed by atoms with van der Waals surface area (Å²) >= 11 is 12.4. The number of aromatic nitrogens is 4. The molecule has 3 aromatic rings. The van der Waals surface area contributed by atoms with Gasteiger partial charge in [-0.15, -0.1) is 0 Å². The van der Waals surface area contributed by atoms with Crippen molar-refractivity contribution in [3.05, 3.63) is 45.7 Å². The van der Waals surface area contributed by atoms with E-state index in [9.17, 15) is 9.59 Å². The van der Waals surface area contributed by atoms with E-state index in [0.29, 0.717) is 53.2 Å². The summed E-state index contributed by atoms with van der Waals surface area (Å²) in [4.78, 5) is 38.7. The molecule has 2 fully saturated rings. The zero-order valence-electron chi connectivity index (χ0n) is 21.9. The van der Waals surface area contributed by atoms with Gasteiger partial charge in [-0.3, -0.25) is 4.79 Å². The first-order chi connectivity index (χ1) is 18.4. The summed E-state index contributed by atoms with van der Waals surface area (Å²) in [5, 5.41) is 8.78. The number of piperazine rings is 1. The number of hydrogen-bond acceptors (Lipinski definition) is 8. The first kappa shape index (κ1) is 28.1. The van der Waals surface area contributed by atoms with Gasteiger partial charge in [-0.1, -0.05) is 43.1 Å². The third-order valence-corrected chi connectivity index (χ3v) is 7.10. The van der Waals surface area contributed by atoms with Gasteiger partial charge in [-0.05, 0) is 44.0 Å². The van der Waals surface area contributed by atoms with Crippen molar-refractivity contribution in [3.63, 3.8) is 0 Å². The summed E-state index contributed by atoms with van der Waals surface area (Å²) in [6, 6.07) is 5.16. The normalized spacial score (nSPS) is 17.3. The molecule has 10 nitrogen and oxygen atoms in total. The van der Waals surface area contributed by atoms with Crippen LogP contribution in [0.3, 0.4) is 0 Å². The molecule has 0 radical (unpaired) electrons. The highest BCUT2D eigenvalue weighted by atomic mass is 35.5. The van der Waals surface area contributed by atoms with Gasteiger partial charge in [0.2, 0.25) is 5.91 Å². The van der Waals surface area contributed by atoms with Crippen LogP contribution in [0, 0.1) is 0 Å². The number of esters is 1. The van der Waals surface area contributed by atoms with E-state index in [4.69, 9.17) is 32.9 Å². The highest BCUT2D eigenvalue weighted by molar-refractivity contribution is 6.35. The Morgan fingerprint density at radius 2 is 1.92 bits per heavy atom. The Morgan fingerprint density at radius 3 is 2.58 bits per heavy atom. The Hall–Kier alpha value is -2.95. The van der Waals surface area contributed by atoms with Crippen LogP contribution in [0.25, 0.3) is 11.2 Å². The Kier molecular flexibility index (Phi) is 9.40. The molecule has 204 valence electrons. The largest absolute Gasteiger partial charge is 0.461 e. The van der Waals surface area contributed by atoms with Crippen molar-refractivity contribution in [1.29, 1.82) is 0 Å². The Labute approximate surface area is 232 Å². The molecule has 1 aromatic carbocycles. The van der Waals surface area contributed by atoms with Gasteiger partial charge in [0.15, 0.2) is 11.3 Å². The summed E-state index contributed by atoms with van der Waals surface area (Å²) in [5.74, 6) is 0.274. The van der Waals surface area contributed by atoms with E-state index in [1.165, 1.54) is 0 Å². The van der Waals surface area contributed by atoms with Crippen LogP contribution in [0.2, 0.25) is 10.0 Å². The molecular weight excluding hydrogens is 529 g/mol. The molecule has 1 unspecified atom stereocenters. The van der Waals surface area contributed by atoms with Crippen molar-refractivity contribution in [2.75, 3.05) is 44.2 Å². The van der Waals surface area contributed by atoms with Gasteiger partial charge >= 0.3 is 5.97 Å². The molecule has 2 aliphatic rings. The zero-order chi connectivity index (χ0) is 27.2. The van der Waals surface area contributed by atoms with Crippen molar-refractivity contribution in [2.45, 2.75) is 46.2 Å². The molecule has 4 heterocycles. The summed E-state index contributed by atoms with van der Waals surface area (Å²) in [7, 11) is 0. The number of rotatable bonds is 6. The molecule has 38 heavy (non-hydrogen) atoms. The van der Waals surface area contributed by atoms with Gasteiger partial charge in [0.05, 0.1) is 25.4 Å². The number of nitrogens with one attached hydrogen (secondary N) is 1. The fourth-order valence-corrected chi connectivity index (χ4v) is 5.08. The van der Waals surface area contributed by atoms with Crippen LogP contribution in [0.5, 0.6) is 0 Å². The Balaban J connectivity index is 0.00000164. The second-order valence-corrected chi connectivity index (χ2v) is 9.67. The number of amides is 1. The third-order valence-electron chi connectivity index (χ3n) is 6.51. The monoisotopic (exact) mass is 561 g/mol. The van der Waals surface area contributed by atoms with Crippen molar-refractivity contribution >= 4 is 52.1 Å². The minimum atomic E-state index is -0.557. The van der Waals surface area contributed by atoms with E-state index in [1.54, 1.807) is 29.9 Å². The van der Waals surface area contributed by atoms with Crippen LogP contribution in [-0.2, 0) is 16.1 Å². The standard InChI is InChI=1S/C24H27Cl2N7O3.C2H6/c1-2-36-24(35)21-20-22(33(30-21)14-15-5-6-16(25)12-17(15)26)29-19(13-28-20)31-8-10-32(11-9-31)23(34)18-4-3-7-27-18;1-2/h5-6,12-13,18,27H,2-4,7-11,14H2,1H3;1-2H3. The number of carbonyl (C=O) groups excluding carboxylic acids is 2. The van der Waals surface area contributed by atoms with Gasteiger partial charge in [0.1, 0.15) is 11.3 Å². The topological polar surface area (TPSA) is 105 Å². The Morgan fingerprint density at radius 1 is 1.16 bits per heavy atom. The molecule has 1 atom stereocenters. The van der Waals surface area contributed by atoms with Crippen LogP contribution in [0.4, 0.5) is 5.82 Å². The quantitative estimate of drug-likeness (QED) is 0.453. The van der Waals surface area contributed by atoms with Crippen molar-refractivity contribution in [3.8, 4) is 0 Å². The lowest BCUT2D eigenvalue weighted by atomic mass is 10.2. The molecular formula is C26H33Cl2N7O3. The molecule has 0 bridgehead atoms. The number of fused-ring (bicyclic) bond motifs is 1. The van der Waals surface area contributed by atoms with Crippen molar-refractivity contribution in [1.82, 2.24) is 30.0 Å². The number of hydrogen-bond donors (Lipinski definition) is 1. The van der Waals surface area contributed by atoms with Gasteiger partial charge in [-0.25, -0.2) is 19.4 Å². The summed E-state index contributed by atoms with van der Waals surface area (Å²) in [6.45, 7) is 9.65. The van der Waals surface area contributed by atoms with Gasteiger partial charge in [-0.2, -0.15) is 5.10 Å². The molecule has 2 aliphatic heterocycles. The molecule has 12 heteroatoms. The maximum Gasteiger partial charge on any atom is 0.361 e. The lowest BCUT2D eigenvalue weighted by Crippen LogP contribution is -2.53. The van der Waals surface area contributed by atoms with Crippen molar-refractivity contribution in [2.24, 2.45) is 0 Å². The number of anilines is 1. The molecule has 0 saturated carbocycles. The molecule has 1 N–H and O–H groups in total. The third kappa shape index (κ3) is 6.03. The molecule has 2 saturated heterocycles. The molecule has 0 aliphatic carbocycles. The van der Waals surface area contributed by atoms with Gasteiger partial charge < -0.3 is 19.9 Å². The van der Waals surface area contributed by atoms with Crippen molar-refractivity contribution < 1.29 is 14.3 Å². The van der Waals surface area contributed by atoms with Crippen LogP contribution in [0.15, 0.2) is 24.4 Å². The first-order valence-electron chi connectivity index (χ1n) is 13.1. The van der Waals surface area contributed by atoms with Crippen LogP contribution < -0.4 is 10.2 Å². The van der Waals surface area contributed by atoms with Gasteiger partial charge in [0, 0.05) is 36.2 Å². The molecule has 0 spiro atoms. The second kappa shape index (κ2) is 12.7. The SMILES string of the molecule is CC.CCOC(=O)c1nn(Cc2ccc(Cl)cc2Cl)c2nc(N3CCN(C(=O)C4CCCN4)CC3)cnc12. The number of benzene rings is 1. The number of nitrogens with zero attached hydrogens (tertiary/aromatic N) is 6. The van der Waals surface area contributed by atoms with E-state index in [-0.39, 0.29) is 30.8 Å². The average Bonchev–Trinajstić information content (AvgIpc) is 3.60. The minimum absolute atomic E-state index is 0.0666. The van der Waals surface area contributed by atoms with E-state index in [2.05, 4.69) is 20.3 Å². The van der Waals surface area contributed by atoms with Crippen LogP contribution in [0.1, 0.15) is 49.7 Å². The van der Waals surface area contributed by atoms with Crippen LogP contribution in [-0.4, -0.2) is 81.9 Å². The minimum Gasteiger partial charge on any atom is -0.461 e. The smallest absolute Gasteiger partial charge is 0.361 e. The van der Waals surface area contributed by atoms with E-state index >= 15 is 0 Å². The summed E-state index contributed by atoms with van der Waals surface area (Å²) in [5.41, 5.74) is 1.70. The maximum absolute atomic E-state index is 12.7. The Bertz CT molecular complexity index is 1290. The van der Waals surface area contributed by atoms with Crippen LogP contribution >= 0.6 is 23.2 Å². The van der Waals surface area contributed by atoms with E-state index < -0.39 is 5.97 Å². The lowest BCUT2D eigenvalue weighted by molar-refractivity contribution is -0.133. The predicted octanol–water partition coefficient (Wildman–Crippen LogP) is 3.78. The zero-order valence-corrected chi connectivity index (χ0v) is 23.4. The maximum atomic E-state index is 12.7. The molecule has 5 rings (SSSR count). The molecule has 2 aromatic heterocycles. The van der Waals surface area contributed by atoms with E-state index in [0.717, 1.165) is 24.9 Å². The average molecular weight is 563 g/mol. The van der Waals surface area contributed by atoms with Gasteiger partial charge in [0.25, 0.3) is 0 Å². The predicted molar refractivity (Wildman–Crippen MR) is 148 cm³/mol. The summed E-state index contributed by atoms with van der Waals surface area (Å²) in [6.07, 6.45) is 3.57. The highest BCUT2D eigenvalue weighted by Crippen LogP contribution is 2.25. The first-order valence-corrected chi connectivity index (χ1v) is 13.8. The number of carbonyl (C=O) groups is 2. The number of ether oxygens (including phenoxy) is 1. The summed E-state index contributed by atoms with van der Waals surface area (Å²) < 4.78 is 6.79. The fraction of sp³-hybridized carbons (Fsp3) is 0.500. The molecule has 1 amide bonds. The van der Waals surface area contributed by atoms with E-state index in [1.807, 2.05) is 24.8 Å². The number of halogens is 2. The fourth-order valence-electron chi connectivity index (χ4n) is 4.62. The second-order valence-electron chi connectivity index (χ2n) is 8.82. The lowest BCUT2D eigenvalue weighted by Gasteiger charge is -2.36. The highest BCUT2D eigenvalue weighted by Gasteiger charge is 2.30.